The second-order valence-electron chi connectivity index (χ2n) is 7.15. The largest absolute Gasteiger partial charge is 0.372 e. The first kappa shape index (κ1) is 16.1. The van der Waals surface area contributed by atoms with Crippen LogP contribution in [-0.2, 0) is 4.79 Å². The summed E-state index contributed by atoms with van der Waals surface area (Å²) < 4.78 is 0. The van der Waals surface area contributed by atoms with Crippen LogP contribution in [0.4, 0.5) is 0 Å². The minimum absolute atomic E-state index is 0.0297. The molecule has 3 heteroatoms. The highest BCUT2D eigenvalue weighted by molar-refractivity contribution is 5.94. The number of rotatable bonds is 4. The van der Waals surface area contributed by atoms with Crippen molar-refractivity contribution in [1.29, 1.82) is 0 Å². The highest BCUT2D eigenvalue weighted by Gasteiger charge is 2.35. The summed E-state index contributed by atoms with van der Waals surface area (Å²) in [5.74, 6) is 0.104. The molecule has 0 saturated heterocycles. The highest BCUT2D eigenvalue weighted by Crippen LogP contribution is 2.36. The number of carbonyl (C=O) groups excluding carboxylic acids is 1. The second kappa shape index (κ2) is 5.98. The SMILES string of the molecule is CCCCNC(=O)C1=CN(C(C)(C)C)CCC1(C)C. The van der Waals surface area contributed by atoms with E-state index in [2.05, 4.69) is 58.0 Å². The van der Waals surface area contributed by atoms with Crippen LogP contribution in [0.2, 0.25) is 0 Å². The average molecular weight is 266 g/mol. The van der Waals surface area contributed by atoms with Gasteiger partial charge in [0.2, 0.25) is 5.91 Å². The van der Waals surface area contributed by atoms with Crippen LogP contribution < -0.4 is 5.32 Å². The summed E-state index contributed by atoms with van der Waals surface area (Å²) in [4.78, 5) is 14.6. The molecule has 1 N–H and O–H groups in total. The fraction of sp³-hybridized carbons (Fsp3) is 0.812. The minimum atomic E-state index is -0.0297. The summed E-state index contributed by atoms with van der Waals surface area (Å²) in [6.45, 7) is 14.8. The summed E-state index contributed by atoms with van der Waals surface area (Å²) in [7, 11) is 0. The third-order valence-electron chi connectivity index (χ3n) is 3.91. The Morgan fingerprint density at radius 2 is 2.05 bits per heavy atom. The number of carbonyl (C=O) groups is 1. The molecule has 1 aliphatic heterocycles. The van der Waals surface area contributed by atoms with E-state index in [1.165, 1.54) is 0 Å². The second-order valence-corrected chi connectivity index (χ2v) is 7.15. The molecule has 110 valence electrons. The zero-order chi connectivity index (χ0) is 14.7. The molecule has 1 heterocycles. The van der Waals surface area contributed by atoms with Gasteiger partial charge in [-0.05, 0) is 39.0 Å². The maximum Gasteiger partial charge on any atom is 0.249 e. The van der Waals surface area contributed by atoms with Crippen molar-refractivity contribution in [2.45, 2.75) is 66.3 Å². The topological polar surface area (TPSA) is 32.3 Å². The summed E-state index contributed by atoms with van der Waals surface area (Å²) >= 11 is 0. The van der Waals surface area contributed by atoms with Gasteiger partial charge in [-0.15, -0.1) is 0 Å². The molecule has 0 aliphatic carbocycles. The molecule has 1 aliphatic rings. The normalized spacial score (nSPS) is 19.1. The molecule has 0 unspecified atom stereocenters. The number of unbranched alkanes of at least 4 members (excludes halogenated alkanes) is 1. The van der Waals surface area contributed by atoms with Gasteiger partial charge in [-0.3, -0.25) is 4.79 Å². The van der Waals surface area contributed by atoms with Crippen LogP contribution in [0.5, 0.6) is 0 Å². The first-order valence-electron chi connectivity index (χ1n) is 7.46. The van der Waals surface area contributed by atoms with E-state index in [1.54, 1.807) is 0 Å². The monoisotopic (exact) mass is 266 g/mol. The first-order chi connectivity index (χ1) is 8.68. The molecule has 0 aromatic rings. The van der Waals surface area contributed by atoms with Crippen LogP contribution in [0, 0.1) is 5.41 Å². The third kappa shape index (κ3) is 4.26. The van der Waals surface area contributed by atoms with Crippen molar-refractivity contribution in [3.63, 3.8) is 0 Å². The van der Waals surface area contributed by atoms with Crippen molar-refractivity contribution < 1.29 is 4.79 Å². The van der Waals surface area contributed by atoms with Crippen molar-refractivity contribution >= 4 is 5.91 Å². The van der Waals surface area contributed by atoms with Crippen molar-refractivity contribution in [2.75, 3.05) is 13.1 Å². The quantitative estimate of drug-likeness (QED) is 0.792. The summed E-state index contributed by atoms with van der Waals surface area (Å²) in [5, 5.41) is 3.05. The van der Waals surface area contributed by atoms with E-state index < -0.39 is 0 Å². The van der Waals surface area contributed by atoms with E-state index in [0.717, 1.165) is 37.9 Å². The number of hydrogen-bond acceptors (Lipinski definition) is 2. The first-order valence-corrected chi connectivity index (χ1v) is 7.46. The summed E-state index contributed by atoms with van der Waals surface area (Å²) in [5.41, 5.74) is 0.966. The van der Waals surface area contributed by atoms with Gasteiger partial charge in [-0.2, -0.15) is 0 Å². The number of hydrogen-bond donors (Lipinski definition) is 1. The van der Waals surface area contributed by atoms with Crippen molar-refractivity contribution in [1.82, 2.24) is 10.2 Å². The third-order valence-corrected chi connectivity index (χ3v) is 3.91. The zero-order valence-corrected chi connectivity index (χ0v) is 13.5. The lowest BCUT2D eigenvalue weighted by molar-refractivity contribution is -0.118. The van der Waals surface area contributed by atoms with Gasteiger partial charge in [0.1, 0.15) is 0 Å². The van der Waals surface area contributed by atoms with Gasteiger partial charge < -0.3 is 10.2 Å². The molecular weight excluding hydrogens is 236 g/mol. The van der Waals surface area contributed by atoms with Gasteiger partial charge in [-0.1, -0.05) is 27.2 Å². The van der Waals surface area contributed by atoms with Gasteiger partial charge in [0, 0.05) is 30.4 Å². The predicted molar refractivity (Wildman–Crippen MR) is 80.9 cm³/mol. The Morgan fingerprint density at radius 1 is 1.42 bits per heavy atom. The fourth-order valence-corrected chi connectivity index (χ4v) is 2.30. The van der Waals surface area contributed by atoms with Crippen LogP contribution in [-0.4, -0.2) is 29.4 Å². The van der Waals surface area contributed by atoms with Gasteiger partial charge in [-0.25, -0.2) is 0 Å². The number of amides is 1. The average Bonchev–Trinajstić information content (AvgIpc) is 2.27. The minimum Gasteiger partial charge on any atom is -0.372 e. The Labute approximate surface area is 118 Å². The van der Waals surface area contributed by atoms with Crippen LogP contribution in [0.15, 0.2) is 11.8 Å². The van der Waals surface area contributed by atoms with E-state index in [4.69, 9.17) is 0 Å². The van der Waals surface area contributed by atoms with Gasteiger partial charge >= 0.3 is 0 Å². The maximum atomic E-state index is 12.4. The highest BCUT2D eigenvalue weighted by atomic mass is 16.1. The van der Waals surface area contributed by atoms with Crippen LogP contribution in [0.3, 0.4) is 0 Å². The Bertz CT molecular complexity index is 350. The van der Waals surface area contributed by atoms with Crippen LogP contribution in [0.1, 0.15) is 60.8 Å². The van der Waals surface area contributed by atoms with Crippen LogP contribution in [0.25, 0.3) is 0 Å². The standard InChI is InChI=1S/C16H30N2O/c1-7-8-10-17-14(19)13-12-18(15(2,3)4)11-9-16(13,5)6/h12H,7-11H2,1-6H3,(H,17,19). The maximum absolute atomic E-state index is 12.4. The molecule has 0 radical (unpaired) electrons. The van der Waals surface area contributed by atoms with E-state index in [9.17, 15) is 4.79 Å². The molecule has 0 bridgehead atoms. The van der Waals surface area contributed by atoms with Crippen molar-refractivity contribution in [3.05, 3.63) is 11.8 Å². The number of nitrogens with one attached hydrogen (secondary N) is 1. The van der Waals surface area contributed by atoms with Crippen molar-refractivity contribution in [2.24, 2.45) is 5.41 Å². The lowest BCUT2D eigenvalue weighted by Crippen LogP contribution is -2.45. The Hall–Kier alpha value is -0.990. The lowest BCUT2D eigenvalue weighted by atomic mass is 9.78. The molecule has 0 fully saturated rings. The van der Waals surface area contributed by atoms with Gasteiger partial charge in [0.25, 0.3) is 0 Å². The predicted octanol–water partition coefficient (Wildman–Crippen LogP) is 3.32. The Balaban J connectivity index is 2.85. The van der Waals surface area contributed by atoms with Gasteiger partial charge in [0.15, 0.2) is 0 Å². The van der Waals surface area contributed by atoms with Gasteiger partial charge in [0.05, 0.1) is 0 Å². The fourth-order valence-electron chi connectivity index (χ4n) is 2.30. The molecule has 0 aromatic carbocycles. The number of nitrogens with zero attached hydrogens (tertiary/aromatic N) is 1. The van der Waals surface area contributed by atoms with Crippen LogP contribution >= 0.6 is 0 Å². The molecule has 1 rings (SSSR count). The van der Waals surface area contributed by atoms with E-state index in [-0.39, 0.29) is 16.9 Å². The molecule has 0 spiro atoms. The Kier molecular flexibility index (Phi) is 5.05. The van der Waals surface area contributed by atoms with E-state index in [0.29, 0.717) is 0 Å². The smallest absolute Gasteiger partial charge is 0.249 e. The molecular formula is C16H30N2O. The summed E-state index contributed by atoms with van der Waals surface area (Å²) in [6.07, 6.45) is 5.25. The summed E-state index contributed by atoms with van der Waals surface area (Å²) in [6, 6.07) is 0. The molecule has 1 amide bonds. The zero-order valence-electron chi connectivity index (χ0n) is 13.5. The van der Waals surface area contributed by atoms with Crippen molar-refractivity contribution in [3.8, 4) is 0 Å². The Morgan fingerprint density at radius 3 is 2.58 bits per heavy atom. The molecule has 3 nitrogen and oxygen atoms in total. The molecule has 0 aromatic heterocycles. The molecule has 0 saturated carbocycles. The lowest BCUT2D eigenvalue weighted by Gasteiger charge is -2.43. The van der Waals surface area contributed by atoms with E-state index in [1.807, 2.05) is 0 Å². The molecule has 0 atom stereocenters. The van der Waals surface area contributed by atoms with E-state index >= 15 is 0 Å². The molecule has 19 heavy (non-hydrogen) atoms.